The van der Waals surface area contributed by atoms with E-state index in [-0.39, 0.29) is 0 Å². The van der Waals surface area contributed by atoms with Gasteiger partial charge in [-0.15, -0.1) is 11.3 Å². The van der Waals surface area contributed by atoms with Crippen LogP contribution in [0.2, 0.25) is 0 Å². The molecule has 0 amide bonds. The third-order valence-electron chi connectivity index (χ3n) is 2.81. The molecule has 0 aliphatic heterocycles. The summed E-state index contributed by atoms with van der Waals surface area (Å²) in [5.74, 6) is 0.614. The standard InChI is InChI=1S/C13H17N3OS/c1-8(14-3)12-9(2)15-13(18-12)10-6-5-7-11(16-10)17-4/h5-8,14H,1-4H3. The van der Waals surface area contributed by atoms with E-state index in [1.807, 2.05) is 32.2 Å². The van der Waals surface area contributed by atoms with Crippen LogP contribution in [0.4, 0.5) is 0 Å². The predicted molar refractivity (Wildman–Crippen MR) is 74.1 cm³/mol. The van der Waals surface area contributed by atoms with Crippen LogP contribution >= 0.6 is 11.3 Å². The summed E-state index contributed by atoms with van der Waals surface area (Å²) < 4.78 is 5.14. The second-order valence-electron chi connectivity index (χ2n) is 4.04. The number of rotatable bonds is 4. The molecule has 2 aromatic heterocycles. The Hall–Kier alpha value is -1.46. The van der Waals surface area contributed by atoms with Crippen LogP contribution in [0.15, 0.2) is 18.2 Å². The van der Waals surface area contributed by atoms with Crippen molar-refractivity contribution in [3.05, 3.63) is 28.8 Å². The Bertz CT molecular complexity index is 539. The first-order valence-corrected chi connectivity index (χ1v) is 6.63. The first-order chi connectivity index (χ1) is 8.65. The molecule has 0 bridgehead atoms. The lowest BCUT2D eigenvalue weighted by Crippen LogP contribution is -2.11. The van der Waals surface area contributed by atoms with Gasteiger partial charge in [0.25, 0.3) is 0 Å². The van der Waals surface area contributed by atoms with E-state index in [4.69, 9.17) is 4.74 Å². The highest BCUT2D eigenvalue weighted by molar-refractivity contribution is 7.15. The molecule has 0 saturated heterocycles. The molecule has 1 unspecified atom stereocenters. The van der Waals surface area contributed by atoms with E-state index >= 15 is 0 Å². The molecule has 2 heterocycles. The van der Waals surface area contributed by atoms with E-state index in [9.17, 15) is 0 Å². The van der Waals surface area contributed by atoms with Gasteiger partial charge in [-0.1, -0.05) is 6.07 Å². The van der Waals surface area contributed by atoms with Gasteiger partial charge in [-0.2, -0.15) is 0 Å². The van der Waals surface area contributed by atoms with E-state index in [1.165, 1.54) is 4.88 Å². The first-order valence-electron chi connectivity index (χ1n) is 5.81. The van der Waals surface area contributed by atoms with Crippen molar-refractivity contribution < 1.29 is 4.74 Å². The number of hydrogen-bond acceptors (Lipinski definition) is 5. The van der Waals surface area contributed by atoms with Crippen molar-refractivity contribution >= 4 is 11.3 Å². The monoisotopic (exact) mass is 263 g/mol. The van der Waals surface area contributed by atoms with E-state index in [2.05, 4.69) is 22.2 Å². The molecular formula is C13H17N3OS. The van der Waals surface area contributed by atoms with Crippen LogP contribution in [0.25, 0.3) is 10.7 Å². The quantitative estimate of drug-likeness (QED) is 0.921. The summed E-state index contributed by atoms with van der Waals surface area (Å²) in [5, 5.41) is 4.17. The number of aryl methyl sites for hydroxylation is 1. The Morgan fingerprint density at radius 3 is 2.78 bits per heavy atom. The SMILES string of the molecule is CNC(C)c1sc(-c2cccc(OC)n2)nc1C. The number of methoxy groups -OCH3 is 1. The third-order valence-corrected chi connectivity index (χ3v) is 4.17. The van der Waals surface area contributed by atoms with E-state index in [0.717, 1.165) is 16.4 Å². The van der Waals surface area contributed by atoms with Crippen molar-refractivity contribution in [3.63, 3.8) is 0 Å². The molecule has 0 spiro atoms. The van der Waals surface area contributed by atoms with Crippen LogP contribution in [0.3, 0.4) is 0 Å². The van der Waals surface area contributed by atoms with Crippen LogP contribution in [-0.4, -0.2) is 24.1 Å². The summed E-state index contributed by atoms with van der Waals surface area (Å²) in [6.07, 6.45) is 0. The molecule has 0 saturated carbocycles. The van der Waals surface area contributed by atoms with Crippen LogP contribution < -0.4 is 10.1 Å². The summed E-state index contributed by atoms with van der Waals surface area (Å²) in [7, 11) is 3.57. The minimum absolute atomic E-state index is 0.307. The first kappa shape index (κ1) is 13.0. The number of nitrogens with zero attached hydrogens (tertiary/aromatic N) is 2. The molecule has 0 aliphatic carbocycles. The maximum Gasteiger partial charge on any atom is 0.213 e. The molecule has 18 heavy (non-hydrogen) atoms. The lowest BCUT2D eigenvalue weighted by molar-refractivity contribution is 0.398. The van der Waals surface area contributed by atoms with Crippen molar-refractivity contribution in [3.8, 4) is 16.6 Å². The zero-order chi connectivity index (χ0) is 13.1. The number of ether oxygens (including phenoxy) is 1. The normalized spacial score (nSPS) is 12.4. The fourth-order valence-electron chi connectivity index (χ4n) is 1.70. The Kier molecular flexibility index (Phi) is 3.93. The molecule has 96 valence electrons. The molecule has 1 atom stereocenters. The van der Waals surface area contributed by atoms with Gasteiger partial charge >= 0.3 is 0 Å². The number of thiazole rings is 1. The summed E-state index contributed by atoms with van der Waals surface area (Å²) in [4.78, 5) is 10.2. The molecule has 2 rings (SSSR count). The Morgan fingerprint density at radius 2 is 2.11 bits per heavy atom. The van der Waals surface area contributed by atoms with Crippen LogP contribution in [0.5, 0.6) is 5.88 Å². The van der Waals surface area contributed by atoms with E-state index in [0.29, 0.717) is 11.9 Å². The zero-order valence-electron chi connectivity index (χ0n) is 11.0. The molecule has 5 heteroatoms. The van der Waals surface area contributed by atoms with Crippen LogP contribution in [-0.2, 0) is 0 Å². The number of aromatic nitrogens is 2. The molecular weight excluding hydrogens is 246 g/mol. The maximum absolute atomic E-state index is 5.14. The number of pyridine rings is 1. The Labute approximate surface area is 111 Å². The molecule has 2 aromatic rings. The van der Waals surface area contributed by atoms with Gasteiger partial charge in [0.15, 0.2) is 0 Å². The molecule has 1 N–H and O–H groups in total. The van der Waals surface area contributed by atoms with Crippen molar-refractivity contribution in [2.75, 3.05) is 14.2 Å². The fourth-order valence-corrected chi connectivity index (χ4v) is 2.80. The van der Waals surface area contributed by atoms with Crippen molar-refractivity contribution in [1.29, 1.82) is 0 Å². The van der Waals surface area contributed by atoms with Crippen LogP contribution in [0, 0.1) is 6.92 Å². The summed E-state index contributed by atoms with van der Waals surface area (Å²) in [6, 6.07) is 6.02. The number of hydrogen-bond donors (Lipinski definition) is 1. The van der Waals surface area contributed by atoms with Gasteiger partial charge in [0.1, 0.15) is 10.7 Å². The van der Waals surface area contributed by atoms with Gasteiger partial charge in [0.2, 0.25) is 5.88 Å². The molecule has 4 nitrogen and oxygen atoms in total. The Balaban J connectivity index is 2.39. The Morgan fingerprint density at radius 1 is 1.33 bits per heavy atom. The molecule has 0 radical (unpaired) electrons. The third kappa shape index (κ3) is 2.52. The number of nitrogens with one attached hydrogen (secondary N) is 1. The summed E-state index contributed by atoms with van der Waals surface area (Å²) in [5.41, 5.74) is 1.92. The van der Waals surface area contributed by atoms with Crippen molar-refractivity contribution in [1.82, 2.24) is 15.3 Å². The maximum atomic E-state index is 5.14. The lowest BCUT2D eigenvalue weighted by atomic mass is 10.2. The van der Waals surface area contributed by atoms with E-state index < -0.39 is 0 Å². The highest BCUT2D eigenvalue weighted by atomic mass is 32.1. The van der Waals surface area contributed by atoms with Crippen LogP contribution in [0.1, 0.15) is 23.5 Å². The zero-order valence-corrected chi connectivity index (χ0v) is 11.8. The van der Waals surface area contributed by atoms with Gasteiger partial charge < -0.3 is 10.1 Å². The van der Waals surface area contributed by atoms with Crippen molar-refractivity contribution in [2.24, 2.45) is 0 Å². The molecule has 0 fully saturated rings. The van der Waals surface area contributed by atoms with Gasteiger partial charge in [-0.05, 0) is 27.0 Å². The van der Waals surface area contributed by atoms with Gasteiger partial charge in [0, 0.05) is 17.0 Å². The second kappa shape index (κ2) is 5.46. The predicted octanol–water partition coefficient (Wildman–Crippen LogP) is 2.80. The molecule has 0 aromatic carbocycles. The molecule has 0 aliphatic rings. The van der Waals surface area contributed by atoms with Gasteiger partial charge in [-0.25, -0.2) is 9.97 Å². The average molecular weight is 263 g/mol. The topological polar surface area (TPSA) is 47.0 Å². The largest absolute Gasteiger partial charge is 0.481 e. The minimum Gasteiger partial charge on any atom is -0.481 e. The van der Waals surface area contributed by atoms with E-state index in [1.54, 1.807) is 18.4 Å². The summed E-state index contributed by atoms with van der Waals surface area (Å²) in [6.45, 7) is 4.16. The van der Waals surface area contributed by atoms with Gasteiger partial charge in [-0.3, -0.25) is 0 Å². The summed E-state index contributed by atoms with van der Waals surface area (Å²) >= 11 is 1.67. The second-order valence-corrected chi connectivity index (χ2v) is 5.07. The average Bonchev–Trinajstić information content (AvgIpc) is 2.80. The smallest absolute Gasteiger partial charge is 0.213 e. The lowest BCUT2D eigenvalue weighted by Gasteiger charge is -2.06. The highest BCUT2D eigenvalue weighted by Crippen LogP contribution is 2.31. The minimum atomic E-state index is 0.307. The van der Waals surface area contributed by atoms with Crippen molar-refractivity contribution in [2.45, 2.75) is 19.9 Å². The highest BCUT2D eigenvalue weighted by Gasteiger charge is 2.14. The fraction of sp³-hybridized carbons (Fsp3) is 0.385. The van der Waals surface area contributed by atoms with Gasteiger partial charge in [0.05, 0.1) is 12.8 Å².